The van der Waals surface area contributed by atoms with E-state index in [4.69, 9.17) is 5.11 Å². The second kappa shape index (κ2) is 10.3. The molecule has 1 atom stereocenters. The fourth-order valence-electron chi connectivity index (χ4n) is 3.37. The van der Waals surface area contributed by atoms with Crippen LogP contribution in [0.2, 0.25) is 0 Å². The smallest absolute Gasteiger partial charge is 0.303 e. The average molecular weight is 314 g/mol. The molecule has 0 radical (unpaired) electrons. The van der Waals surface area contributed by atoms with E-state index in [1.807, 2.05) is 0 Å². The molecule has 1 unspecified atom stereocenters. The van der Waals surface area contributed by atoms with E-state index in [2.05, 4.69) is 36.4 Å². The highest BCUT2D eigenvalue weighted by atomic mass is 16.4. The normalized spacial score (nSPS) is 17.3. The summed E-state index contributed by atoms with van der Waals surface area (Å²) in [6.07, 6.45) is 16.6. The lowest BCUT2D eigenvalue weighted by atomic mass is 9.87. The van der Waals surface area contributed by atoms with Crippen molar-refractivity contribution in [2.24, 2.45) is 0 Å². The van der Waals surface area contributed by atoms with Gasteiger partial charge in [-0.2, -0.15) is 0 Å². The topological polar surface area (TPSA) is 37.3 Å². The molecule has 2 heteroatoms. The standard InChI is InChI=1S/C21H30O2/c22-21(23)13-9-4-2-1-3-6-10-18-14-16-20(17-15-18)19-11-7-5-8-12-19/h5,7,14-17,19H,1-4,6,8-13H2,(H,22,23). The van der Waals surface area contributed by atoms with Crippen LogP contribution < -0.4 is 0 Å². The molecule has 126 valence electrons. The van der Waals surface area contributed by atoms with Crippen LogP contribution in [0.15, 0.2) is 36.4 Å². The highest BCUT2D eigenvalue weighted by Gasteiger charge is 2.11. The van der Waals surface area contributed by atoms with Crippen LogP contribution in [0.4, 0.5) is 0 Å². The zero-order valence-electron chi connectivity index (χ0n) is 14.2. The SMILES string of the molecule is O=C(O)CCCCCCCCc1ccc(C2CC=CCC2)cc1. The van der Waals surface area contributed by atoms with E-state index < -0.39 is 5.97 Å². The third-order valence-electron chi connectivity index (χ3n) is 4.83. The van der Waals surface area contributed by atoms with Crippen LogP contribution >= 0.6 is 0 Å². The van der Waals surface area contributed by atoms with Crippen molar-refractivity contribution in [3.05, 3.63) is 47.5 Å². The van der Waals surface area contributed by atoms with Crippen LogP contribution in [0.25, 0.3) is 0 Å². The molecule has 0 aliphatic heterocycles. The van der Waals surface area contributed by atoms with Crippen LogP contribution in [-0.4, -0.2) is 11.1 Å². The predicted molar refractivity (Wildman–Crippen MR) is 95.8 cm³/mol. The van der Waals surface area contributed by atoms with E-state index in [1.165, 1.54) is 62.5 Å². The summed E-state index contributed by atoms with van der Waals surface area (Å²) in [6, 6.07) is 9.26. The van der Waals surface area contributed by atoms with Crippen molar-refractivity contribution in [1.29, 1.82) is 0 Å². The molecule has 23 heavy (non-hydrogen) atoms. The number of carboxylic acids is 1. The van der Waals surface area contributed by atoms with Gasteiger partial charge in [-0.1, -0.05) is 62.1 Å². The van der Waals surface area contributed by atoms with Crippen LogP contribution in [0.5, 0.6) is 0 Å². The third kappa shape index (κ3) is 7.02. The van der Waals surface area contributed by atoms with Crippen LogP contribution in [0.3, 0.4) is 0 Å². The summed E-state index contributed by atoms with van der Waals surface area (Å²) >= 11 is 0. The van der Waals surface area contributed by atoms with Crippen molar-refractivity contribution in [3.8, 4) is 0 Å². The molecule has 1 aliphatic carbocycles. The zero-order chi connectivity index (χ0) is 16.3. The molecule has 1 aromatic carbocycles. The number of carbonyl (C=O) groups is 1. The van der Waals surface area contributed by atoms with E-state index in [0.29, 0.717) is 6.42 Å². The Balaban J connectivity index is 1.57. The van der Waals surface area contributed by atoms with Gasteiger partial charge in [0.25, 0.3) is 0 Å². The van der Waals surface area contributed by atoms with Gasteiger partial charge in [0.2, 0.25) is 0 Å². The van der Waals surface area contributed by atoms with E-state index in [9.17, 15) is 4.79 Å². The maximum atomic E-state index is 10.4. The molecule has 1 aliphatic rings. The summed E-state index contributed by atoms with van der Waals surface area (Å²) in [4.78, 5) is 10.4. The largest absolute Gasteiger partial charge is 0.481 e. The Bertz CT molecular complexity index is 487. The number of unbranched alkanes of at least 4 members (excludes halogenated alkanes) is 5. The predicted octanol–water partition coefficient (Wildman–Crippen LogP) is 5.87. The van der Waals surface area contributed by atoms with E-state index >= 15 is 0 Å². The molecule has 0 saturated carbocycles. The minimum absolute atomic E-state index is 0.323. The lowest BCUT2D eigenvalue weighted by Gasteiger charge is -2.18. The van der Waals surface area contributed by atoms with Gasteiger partial charge in [-0.15, -0.1) is 0 Å². The molecular weight excluding hydrogens is 284 g/mol. The van der Waals surface area contributed by atoms with Crippen molar-refractivity contribution in [2.75, 3.05) is 0 Å². The number of hydrogen-bond donors (Lipinski definition) is 1. The number of hydrogen-bond acceptors (Lipinski definition) is 1. The molecule has 0 amide bonds. The molecule has 2 nitrogen and oxygen atoms in total. The maximum Gasteiger partial charge on any atom is 0.303 e. The van der Waals surface area contributed by atoms with Gasteiger partial charge in [0, 0.05) is 6.42 Å². The molecule has 0 saturated heterocycles. The van der Waals surface area contributed by atoms with Crippen LogP contribution in [-0.2, 0) is 11.2 Å². The number of allylic oxidation sites excluding steroid dienone is 2. The molecule has 1 aromatic rings. The van der Waals surface area contributed by atoms with Gasteiger partial charge in [-0.05, 0) is 55.6 Å². The molecule has 0 fully saturated rings. The zero-order valence-corrected chi connectivity index (χ0v) is 14.2. The van der Waals surface area contributed by atoms with Gasteiger partial charge in [0.05, 0.1) is 0 Å². The molecular formula is C21H30O2. The summed E-state index contributed by atoms with van der Waals surface area (Å²) < 4.78 is 0. The quantitative estimate of drug-likeness (QED) is 0.433. The second-order valence-electron chi connectivity index (χ2n) is 6.74. The second-order valence-corrected chi connectivity index (χ2v) is 6.74. The van der Waals surface area contributed by atoms with Crippen LogP contribution in [0.1, 0.15) is 81.3 Å². The third-order valence-corrected chi connectivity index (χ3v) is 4.83. The van der Waals surface area contributed by atoms with Crippen molar-refractivity contribution in [1.82, 2.24) is 0 Å². The Labute approximate surface area is 140 Å². The first-order valence-electron chi connectivity index (χ1n) is 9.21. The molecule has 0 aromatic heterocycles. The van der Waals surface area contributed by atoms with Crippen molar-refractivity contribution >= 4 is 5.97 Å². The van der Waals surface area contributed by atoms with Gasteiger partial charge < -0.3 is 5.11 Å². The summed E-state index contributed by atoms with van der Waals surface area (Å²) in [5.74, 6) is 0.0533. The molecule has 1 N–H and O–H groups in total. The Hall–Kier alpha value is -1.57. The number of aliphatic carboxylic acids is 1. The first-order valence-corrected chi connectivity index (χ1v) is 9.21. The number of benzene rings is 1. The summed E-state index contributed by atoms with van der Waals surface area (Å²) in [7, 11) is 0. The van der Waals surface area contributed by atoms with E-state index in [1.54, 1.807) is 0 Å². The Morgan fingerprint density at radius 3 is 2.30 bits per heavy atom. The highest BCUT2D eigenvalue weighted by Crippen LogP contribution is 2.29. The van der Waals surface area contributed by atoms with Crippen molar-refractivity contribution in [2.45, 2.75) is 76.5 Å². The fraction of sp³-hybridized carbons (Fsp3) is 0.571. The Kier molecular flexibility index (Phi) is 7.92. The first-order chi connectivity index (χ1) is 11.3. The van der Waals surface area contributed by atoms with Gasteiger partial charge in [0.15, 0.2) is 0 Å². The monoisotopic (exact) mass is 314 g/mol. The summed E-state index contributed by atoms with van der Waals surface area (Å²) in [5.41, 5.74) is 2.95. The average Bonchev–Trinajstić information content (AvgIpc) is 2.58. The lowest BCUT2D eigenvalue weighted by molar-refractivity contribution is -0.137. The molecule has 2 rings (SSSR count). The van der Waals surface area contributed by atoms with E-state index in [0.717, 1.165) is 18.8 Å². The highest BCUT2D eigenvalue weighted by molar-refractivity contribution is 5.66. The minimum atomic E-state index is -0.669. The van der Waals surface area contributed by atoms with Crippen LogP contribution in [0, 0.1) is 0 Å². The van der Waals surface area contributed by atoms with Crippen molar-refractivity contribution < 1.29 is 9.90 Å². The van der Waals surface area contributed by atoms with E-state index in [-0.39, 0.29) is 0 Å². The van der Waals surface area contributed by atoms with Gasteiger partial charge >= 0.3 is 5.97 Å². The Morgan fingerprint density at radius 1 is 0.957 bits per heavy atom. The number of rotatable bonds is 10. The molecule has 0 bridgehead atoms. The van der Waals surface area contributed by atoms with Gasteiger partial charge in [-0.25, -0.2) is 0 Å². The molecule has 0 spiro atoms. The maximum absolute atomic E-state index is 10.4. The fourth-order valence-corrected chi connectivity index (χ4v) is 3.37. The number of carboxylic acid groups (broad SMARTS) is 1. The summed E-state index contributed by atoms with van der Waals surface area (Å²) in [5, 5.41) is 8.58. The lowest BCUT2D eigenvalue weighted by Crippen LogP contribution is -2.00. The number of aryl methyl sites for hydroxylation is 1. The van der Waals surface area contributed by atoms with Gasteiger partial charge in [-0.3, -0.25) is 4.79 Å². The van der Waals surface area contributed by atoms with Gasteiger partial charge in [0.1, 0.15) is 0 Å². The Morgan fingerprint density at radius 2 is 1.65 bits per heavy atom. The minimum Gasteiger partial charge on any atom is -0.481 e. The first kappa shape index (κ1) is 17.8. The van der Waals surface area contributed by atoms with Crippen molar-refractivity contribution in [3.63, 3.8) is 0 Å². The molecule has 0 heterocycles. The summed E-state index contributed by atoms with van der Waals surface area (Å²) in [6.45, 7) is 0.